The van der Waals surface area contributed by atoms with Crippen LogP contribution in [-0.4, -0.2) is 33.7 Å². The first kappa shape index (κ1) is 15.9. The van der Waals surface area contributed by atoms with E-state index in [0.29, 0.717) is 11.4 Å². The molecule has 5 heteroatoms. The number of nitrogen functional groups attached to an aromatic ring is 1. The molecular weight excluding hydrogens is 264 g/mol. The molecule has 1 amide bonds. The van der Waals surface area contributed by atoms with Crippen LogP contribution in [0.2, 0.25) is 0 Å². The summed E-state index contributed by atoms with van der Waals surface area (Å²) in [6.07, 6.45) is 6.69. The molecule has 1 aromatic rings. The van der Waals surface area contributed by atoms with Crippen LogP contribution in [0.3, 0.4) is 0 Å². The molecule has 1 unspecified atom stereocenters. The zero-order chi connectivity index (χ0) is 15.4. The highest BCUT2D eigenvalue weighted by Crippen LogP contribution is 2.24. The number of aromatic nitrogens is 2. The maximum atomic E-state index is 12.8. The van der Waals surface area contributed by atoms with Crippen LogP contribution in [0, 0.1) is 5.92 Å². The fourth-order valence-electron chi connectivity index (χ4n) is 3.33. The molecule has 5 nitrogen and oxygen atoms in total. The van der Waals surface area contributed by atoms with Crippen molar-refractivity contribution in [3.63, 3.8) is 0 Å². The van der Waals surface area contributed by atoms with E-state index in [2.05, 4.69) is 12.0 Å². The van der Waals surface area contributed by atoms with Gasteiger partial charge in [-0.05, 0) is 31.6 Å². The molecule has 1 aliphatic heterocycles. The average Bonchev–Trinajstić information content (AvgIpc) is 2.64. The van der Waals surface area contributed by atoms with Crippen LogP contribution in [0.15, 0.2) is 0 Å². The molecule has 0 saturated carbocycles. The lowest BCUT2D eigenvalue weighted by atomic mass is 9.96. The van der Waals surface area contributed by atoms with Crippen molar-refractivity contribution in [2.75, 3.05) is 18.8 Å². The van der Waals surface area contributed by atoms with Gasteiger partial charge in [0.2, 0.25) is 0 Å². The van der Waals surface area contributed by atoms with Crippen molar-refractivity contribution in [2.24, 2.45) is 13.0 Å². The summed E-state index contributed by atoms with van der Waals surface area (Å²) in [6.45, 7) is 5.92. The summed E-state index contributed by atoms with van der Waals surface area (Å²) >= 11 is 0. The number of hydrogen-bond acceptors (Lipinski definition) is 3. The number of carbonyl (C=O) groups excluding carboxylic acids is 1. The molecule has 21 heavy (non-hydrogen) atoms. The van der Waals surface area contributed by atoms with Gasteiger partial charge < -0.3 is 10.6 Å². The van der Waals surface area contributed by atoms with Crippen LogP contribution in [-0.2, 0) is 13.5 Å². The lowest BCUT2D eigenvalue weighted by molar-refractivity contribution is 0.0750. The predicted molar refractivity (Wildman–Crippen MR) is 85.2 cm³/mol. The Morgan fingerprint density at radius 2 is 2.10 bits per heavy atom. The monoisotopic (exact) mass is 292 g/mol. The smallest absolute Gasteiger partial charge is 0.274 e. The molecule has 1 atom stereocenters. The van der Waals surface area contributed by atoms with Crippen LogP contribution < -0.4 is 5.73 Å². The van der Waals surface area contributed by atoms with Crippen molar-refractivity contribution in [1.29, 1.82) is 0 Å². The highest BCUT2D eigenvalue weighted by Gasteiger charge is 2.26. The van der Waals surface area contributed by atoms with Crippen molar-refractivity contribution in [1.82, 2.24) is 14.7 Å². The molecule has 1 aliphatic rings. The molecule has 1 fully saturated rings. The van der Waals surface area contributed by atoms with Crippen molar-refractivity contribution in [2.45, 2.75) is 52.4 Å². The second kappa shape index (κ2) is 6.96. The lowest BCUT2D eigenvalue weighted by Gasteiger charge is -2.21. The number of amides is 1. The van der Waals surface area contributed by atoms with Gasteiger partial charge >= 0.3 is 0 Å². The van der Waals surface area contributed by atoms with Gasteiger partial charge in [0.1, 0.15) is 5.69 Å². The maximum Gasteiger partial charge on any atom is 0.274 e. The Balaban J connectivity index is 2.11. The van der Waals surface area contributed by atoms with E-state index in [4.69, 9.17) is 5.73 Å². The molecule has 0 aliphatic carbocycles. The minimum Gasteiger partial charge on any atom is -0.395 e. The molecule has 2 heterocycles. The first-order valence-corrected chi connectivity index (χ1v) is 8.19. The van der Waals surface area contributed by atoms with Gasteiger partial charge in [0.25, 0.3) is 5.91 Å². The van der Waals surface area contributed by atoms with Crippen LogP contribution >= 0.6 is 0 Å². The summed E-state index contributed by atoms with van der Waals surface area (Å²) in [5.74, 6) is 0.808. The third-order valence-electron chi connectivity index (χ3n) is 4.53. The summed E-state index contributed by atoms with van der Waals surface area (Å²) in [7, 11) is 1.81. The second-order valence-corrected chi connectivity index (χ2v) is 6.06. The van der Waals surface area contributed by atoms with Gasteiger partial charge in [-0.3, -0.25) is 9.48 Å². The highest BCUT2D eigenvalue weighted by molar-refractivity contribution is 5.98. The van der Waals surface area contributed by atoms with E-state index in [-0.39, 0.29) is 5.91 Å². The Bertz CT molecular complexity index is 495. The molecule has 0 bridgehead atoms. The standard InChI is InChI=1S/C16H28N4O/c1-4-7-12-8-6-10-20(11-9-12)16(21)15-14(17)13(5-2)18-19(15)3/h12H,4-11,17H2,1-3H3. The summed E-state index contributed by atoms with van der Waals surface area (Å²) in [6, 6.07) is 0. The predicted octanol–water partition coefficient (Wildman–Crippen LogP) is 2.61. The molecule has 0 radical (unpaired) electrons. The molecule has 2 rings (SSSR count). The van der Waals surface area contributed by atoms with Crippen LogP contribution in [0.25, 0.3) is 0 Å². The maximum absolute atomic E-state index is 12.8. The Morgan fingerprint density at radius 3 is 2.71 bits per heavy atom. The van der Waals surface area contributed by atoms with Gasteiger partial charge in [0.05, 0.1) is 11.4 Å². The fraction of sp³-hybridized carbons (Fsp3) is 0.750. The Hall–Kier alpha value is -1.52. The molecular formula is C16H28N4O. The van der Waals surface area contributed by atoms with E-state index in [0.717, 1.165) is 44.0 Å². The molecule has 1 aromatic heterocycles. The first-order valence-electron chi connectivity index (χ1n) is 8.19. The Morgan fingerprint density at radius 1 is 1.33 bits per heavy atom. The van der Waals surface area contributed by atoms with E-state index >= 15 is 0 Å². The van der Waals surface area contributed by atoms with E-state index in [1.54, 1.807) is 11.7 Å². The van der Waals surface area contributed by atoms with E-state index < -0.39 is 0 Å². The van der Waals surface area contributed by atoms with Gasteiger partial charge in [-0.25, -0.2) is 0 Å². The Labute approximate surface area is 127 Å². The fourth-order valence-corrected chi connectivity index (χ4v) is 3.33. The Kier molecular flexibility index (Phi) is 5.26. The van der Waals surface area contributed by atoms with Crippen molar-refractivity contribution < 1.29 is 4.79 Å². The zero-order valence-corrected chi connectivity index (χ0v) is 13.6. The quantitative estimate of drug-likeness (QED) is 0.927. The van der Waals surface area contributed by atoms with Crippen LogP contribution in [0.4, 0.5) is 5.69 Å². The lowest BCUT2D eigenvalue weighted by Crippen LogP contribution is -2.33. The van der Waals surface area contributed by atoms with E-state index in [1.165, 1.54) is 19.3 Å². The van der Waals surface area contributed by atoms with Gasteiger partial charge in [0.15, 0.2) is 0 Å². The van der Waals surface area contributed by atoms with Crippen LogP contribution in [0.5, 0.6) is 0 Å². The molecule has 1 saturated heterocycles. The van der Waals surface area contributed by atoms with Gasteiger partial charge in [-0.1, -0.05) is 26.7 Å². The first-order chi connectivity index (χ1) is 10.1. The minimum absolute atomic E-state index is 0.0411. The number of rotatable bonds is 4. The number of likely N-dealkylation sites (tertiary alicyclic amines) is 1. The number of aryl methyl sites for hydroxylation is 2. The normalized spacial score (nSPS) is 19.6. The zero-order valence-electron chi connectivity index (χ0n) is 13.6. The van der Waals surface area contributed by atoms with E-state index in [9.17, 15) is 4.79 Å². The number of nitrogens with two attached hydrogens (primary N) is 1. The number of carbonyl (C=O) groups is 1. The molecule has 0 aromatic carbocycles. The SMILES string of the molecule is CCCC1CCCN(C(=O)c2c(N)c(CC)nn2C)CC1. The summed E-state index contributed by atoms with van der Waals surface area (Å²) in [5, 5.41) is 4.36. The second-order valence-electron chi connectivity index (χ2n) is 6.06. The number of nitrogens with zero attached hydrogens (tertiary/aromatic N) is 3. The topological polar surface area (TPSA) is 64.2 Å². The van der Waals surface area contributed by atoms with Crippen molar-refractivity contribution >= 4 is 11.6 Å². The van der Waals surface area contributed by atoms with Gasteiger partial charge in [-0.2, -0.15) is 5.10 Å². The summed E-state index contributed by atoms with van der Waals surface area (Å²) < 4.78 is 1.64. The van der Waals surface area contributed by atoms with Crippen LogP contribution in [0.1, 0.15) is 62.1 Å². The average molecular weight is 292 g/mol. The van der Waals surface area contributed by atoms with Crippen molar-refractivity contribution in [3.8, 4) is 0 Å². The highest BCUT2D eigenvalue weighted by atomic mass is 16.2. The summed E-state index contributed by atoms with van der Waals surface area (Å²) in [5.41, 5.74) is 8.04. The molecule has 2 N–H and O–H groups in total. The number of hydrogen-bond donors (Lipinski definition) is 1. The molecule has 0 spiro atoms. The third-order valence-corrected chi connectivity index (χ3v) is 4.53. The minimum atomic E-state index is 0.0411. The van der Waals surface area contributed by atoms with E-state index in [1.807, 2.05) is 11.8 Å². The number of anilines is 1. The van der Waals surface area contributed by atoms with Gasteiger partial charge in [-0.15, -0.1) is 0 Å². The van der Waals surface area contributed by atoms with Crippen molar-refractivity contribution in [3.05, 3.63) is 11.4 Å². The summed E-state index contributed by atoms with van der Waals surface area (Å²) in [4.78, 5) is 14.7. The third kappa shape index (κ3) is 3.39. The van der Waals surface area contributed by atoms with Gasteiger partial charge in [0, 0.05) is 20.1 Å². The molecule has 118 valence electrons. The largest absolute Gasteiger partial charge is 0.395 e.